The summed E-state index contributed by atoms with van der Waals surface area (Å²) in [5.41, 5.74) is 0. The van der Waals surface area contributed by atoms with E-state index in [1.165, 1.54) is 6.42 Å². The molecule has 0 aromatic rings. The highest BCUT2D eigenvalue weighted by molar-refractivity contribution is 5.81. The molecule has 1 aliphatic rings. The lowest BCUT2D eigenvalue weighted by Gasteiger charge is -2.21. The highest BCUT2D eigenvalue weighted by atomic mass is 16.1. The molecule has 1 nitrogen and oxygen atoms in total. The molecule has 0 aromatic heterocycles. The molecule has 1 aliphatic carbocycles. The normalized spacial score (nSPS) is 36.9. The molecule has 0 saturated heterocycles. The van der Waals surface area contributed by atoms with Crippen LogP contribution in [0, 0.1) is 11.8 Å². The van der Waals surface area contributed by atoms with Crippen LogP contribution < -0.4 is 0 Å². The van der Waals surface area contributed by atoms with E-state index in [-0.39, 0.29) is 0 Å². The minimum absolute atomic E-state index is 0.348. The van der Waals surface area contributed by atoms with Gasteiger partial charge in [-0.25, -0.2) is 0 Å². The summed E-state index contributed by atoms with van der Waals surface area (Å²) in [6.45, 7) is 4.19. The van der Waals surface area contributed by atoms with Crippen molar-refractivity contribution >= 4 is 5.78 Å². The van der Waals surface area contributed by atoms with E-state index < -0.39 is 0 Å². The minimum Gasteiger partial charge on any atom is -0.299 e. The molecule has 0 unspecified atom stereocenters. The molecule has 0 bridgehead atoms. The van der Waals surface area contributed by atoms with Crippen molar-refractivity contribution in [3.8, 4) is 0 Å². The van der Waals surface area contributed by atoms with Crippen molar-refractivity contribution in [1.82, 2.24) is 0 Å². The standard InChI is InChI=1S/C8H14O/c1-6-3-4-7(2)8(9)5-6/h6-7H,3-5H2,1-2H3/t6-,7+/m1/s1. The Morgan fingerprint density at radius 3 is 2.44 bits per heavy atom. The maximum Gasteiger partial charge on any atom is 0.135 e. The Bertz CT molecular complexity index is 118. The van der Waals surface area contributed by atoms with Gasteiger partial charge in [0.15, 0.2) is 0 Å². The van der Waals surface area contributed by atoms with Crippen LogP contribution in [-0.2, 0) is 4.79 Å². The van der Waals surface area contributed by atoms with Crippen molar-refractivity contribution in [2.24, 2.45) is 11.8 Å². The number of carbonyl (C=O) groups is 1. The van der Waals surface area contributed by atoms with Crippen LogP contribution in [0.5, 0.6) is 0 Å². The van der Waals surface area contributed by atoms with Crippen LogP contribution >= 0.6 is 0 Å². The van der Waals surface area contributed by atoms with E-state index in [4.69, 9.17) is 0 Å². The zero-order valence-electron chi connectivity index (χ0n) is 6.18. The van der Waals surface area contributed by atoms with Crippen molar-refractivity contribution < 1.29 is 4.79 Å². The molecule has 0 spiro atoms. The molecule has 0 aliphatic heterocycles. The molecule has 0 aromatic carbocycles. The molecule has 1 rings (SSSR count). The van der Waals surface area contributed by atoms with E-state index in [0.717, 1.165) is 12.8 Å². The summed E-state index contributed by atoms with van der Waals surface area (Å²) in [6, 6.07) is 0. The van der Waals surface area contributed by atoms with Gasteiger partial charge in [-0.3, -0.25) is 4.79 Å². The van der Waals surface area contributed by atoms with Gasteiger partial charge in [-0.15, -0.1) is 0 Å². The van der Waals surface area contributed by atoms with Crippen LogP contribution in [0.15, 0.2) is 0 Å². The molecular weight excluding hydrogens is 112 g/mol. The third-order valence-electron chi connectivity index (χ3n) is 2.19. The van der Waals surface area contributed by atoms with Crippen LogP contribution in [-0.4, -0.2) is 5.78 Å². The summed E-state index contributed by atoms with van der Waals surface area (Å²) < 4.78 is 0. The van der Waals surface area contributed by atoms with Gasteiger partial charge in [-0.05, 0) is 18.8 Å². The number of ketones is 1. The molecule has 0 amide bonds. The fourth-order valence-electron chi connectivity index (χ4n) is 1.34. The van der Waals surface area contributed by atoms with Gasteiger partial charge in [0.05, 0.1) is 0 Å². The molecule has 0 radical (unpaired) electrons. The second-order valence-electron chi connectivity index (χ2n) is 3.25. The van der Waals surface area contributed by atoms with Gasteiger partial charge in [-0.1, -0.05) is 13.8 Å². The summed E-state index contributed by atoms with van der Waals surface area (Å²) in [5, 5.41) is 0. The first-order chi connectivity index (χ1) is 4.20. The SMILES string of the molecule is C[C@@H]1CC[C@H](C)C(=O)C1. The lowest BCUT2D eigenvalue weighted by molar-refractivity contribution is -0.125. The Hall–Kier alpha value is -0.330. The van der Waals surface area contributed by atoms with Gasteiger partial charge >= 0.3 is 0 Å². The topological polar surface area (TPSA) is 17.1 Å². The van der Waals surface area contributed by atoms with E-state index in [0.29, 0.717) is 17.6 Å². The molecular formula is C8H14O. The van der Waals surface area contributed by atoms with Gasteiger partial charge in [0.2, 0.25) is 0 Å². The first kappa shape index (κ1) is 6.79. The summed E-state index contributed by atoms with van der Waals surface area (Å²) >= 11 is 0. The predicted octanol–water partition coefficient (Wildman–Crippen LogP) is 2.01. The van der Waals surface area contributed by atoms with E-state index in [2.05, 4.69) is 6.92 Å². The van der Waals surface area contributed by atoms with E-state index >= 15 is 0 Å². The predicted molar refractivity (Wildman–Crippen MR) is 37.2 cm³/mol. The number of carbonyl (C=O) groups excluding carboxylic acids is 1. The molecule has 0 heterocycles. The summed E-state index contributed by atoms with van der Waals surface area (Å²) in [7, 11) is 0. The van der Waals surface area contributed by atoms with Crippen molar-refractivity contribution in [3.05, 3.63) is 0 Å². The van der Waals surface area contributed by atoms with E-state index in [1.54, 1.807) is 0 Å². The molecule has 2 atom stereocenters. The average Bonchev–Trinajstić information content (AvgIpc) is 1.80. The van der Waals surface area contributed by atoms with E-state index in [9.17, 15) is 4.79 Å². The van der Waals surface area contributed by atoms with Crippen LogP contribution in [0.25, 0.3) is 0 Å². The van der Waals surface area contributed by atoms with Crippen molar-refractivity contribution in [1.29, 1.82) is 0 Å². The Kier molecular flexibility index (Phi) is 1.89. The molecule has 9 heavy (non-hydrogen) atoms. The summed E-state index contributed by atoms with van der Waals surface area (Å²) in [5.74, 6) is 1.46. The van der Waals surface area contributed by atoms with Gasteiger partial charge in [0, 0.05) is 12.3 Å². The maximum atomic E-state index is 11.0. The van der Waals surface area contributed by atoms with Gasteiger partial charge in [0.1, 0.15) is 5.78 Å². The van der Waals surface area contributed by atoms with Gasteiger partial charge in [-0.2, -0.15) is 0 Å². The third-order valence-corrected chi connectivity index (χ3v) is 2.19. The lowest BCUT2D eigenvalue weighted by atomic mass is 9.83. The zero-order valence-corrected chi connectivity index (χ0v) is 6.18. The molecule has 1 saturated carbocycles. The average molecular weight is 126 g/mol. The highest BCUT2D eigenvalue weighted by Gasteiger charge is 2.21. The van der Waals surface area contributed by atoms with Crippen molar-refractivity contribution in [2.75, 3.05) is 0 Å². The largest absolute Gasteiger partial charge is 0.299 e. The minimum atomic E-state index is 0.348. The van der Waals surface area contributed by atoms with Crippen LogP contribution in [0.4, 0.5) is 0 Å². The quantitative estimate of drug-likeness (QED) is 0.485. The monoisotopic (exact) mass is 126 g/mol. The second-order valence-corrected chi connectivity index (χ2v) is 3.25. The number of Topliss-reactive ketones (excluding diaryl/α,β-unsaturated/α-hetero) is 1. The Morgan fingerprint density at radius 2 is 2.00 bits per heavy atom. The van der Waals surface area contributed by atoms with Crippen molar-refractivity contribution in [3.63, 3.8) is 0 Å². The number of rotatable bonds is 0. The van der Waals surface area contributed by atoms with Crippen molar-refractivity contribution in [2.45, 2.75) is 33.1 Å². The van der Waals surface area contributed by atoms with Crippen LogP contribution in [0.2, 0.25) is 0 Å². The third kappa shape index (κ3) is 1.54. The zero-order chi connectivity index (χ0) is 6.85. The smallest absolute Gasteiger partial charge is 0.135 e. The number of hydrogen-bond acceptors (Lipinski definition) is 1. The van der Waals surface area contributed by atoms with E-state index in [1.807, 2.05) is 6.92 Å². The Balaban J connectivity index is 2.44. The second kappa shape index (κ2) is 2.51. The molecule has 1 fully saturated rings. The van der Waals surface area contributed by atoms with Gasteiger partial charge in [0.25, 0.3) is 0 Å². The lowest BCUT2D eigenvalue weighted by Crippen LogP contribution is -2.20. The fourth-order valence-corrected chi connectivity index (χ4v) is 1.34. The first-order valence-corrected chi connectivity index (χ1v) is 3.73. The first-order valence-electron chi connectivity index (χ1n) is 3.73. The van der Waals surface area contributed by atoms with Crippen LogP contribution in [0.3, 0.4) is 0 Å². The van der Waals surface area contributed by atoms with Gasteiger partial charge < -0.3 is 0 Å². The summed E-state index contributed by atoms with van der Waals surface area (Å²) in [4.78, 5) is 11.0. The molecule has 0 N–H and O–H groups in total. The maximum absolute atomic E-state index is 11.0. The summed E-state index contributed by atoms with van der Waals surface area (Å²) in [6.07, 6.45) is 3.17. The Labute approximate surface area is 56.4 Å². The molecule has 1 heteroatoms. The molecule has 52 valence electrons. The fraction of sp³-hybridized carbons (Fsp3) is 0.875. The number of hydrogen-bond donors (Lipinski definition) is 0. The van der Waals surface area contributed by atoms with Crippen LogP contribution in [0.1, 0.15) is 33.1 Å². The Morgan fingerprint density at radius 1 is 1.33 bits per heavy atom. The highest BCUT2D eigenvalue weighted by Crippen LogP contribution is 2.24.